The van der Waals surface area contributed by atoms with Gasteiger partial charge in [0.2, 0.25) is 0 Å². The molecule has 0 spiro atoms. The van der Waals surface area contributed by atoms with E-state index in [1.807, 2.05) is 12.1 Å². The lowest BCUT2D eigenvalue weighted by atomic mass is 10.1. The number of anilines is 1. The summed E-state index contributed by atoms with van der Waals surface area (Å²) in [4.78, 5) is 13.8. The Kier molecular flexibility index (Phi) is 5.17. The van der Waals surface area contributed by atoms with Gasteiger partial charge in [0.1, 0.15) is 16.8 Å². The Morgan fingerprint density at radius 3 is 3.08 bits per heavy atom. The van der Waals surface area contributed by atoms with Crippen molar-refractivity contribution in [1.29, 1.82) is 5.26 Å². The van der Waals surface area contributed by atoms with Gasteiger partial charge in [0.15, 0.2) is 0 Å². The molecule has 0 unspecified atom stereocenters. The number of nitriles is 1. The van der Waals surface area contributed by atoms with Crippen molar-refractivity contribution in [3.63, 3.8) is 0 Å². The summed E-state index contributed by atoms with van der Waals surface area (Å²) in [6.45, 7) is 2.76. The van der Waals surface area contributed by atoms with Gasteiger partial charge in [-0.15, -0.1) is 11.3 Å². The fraction of sp³-hybridized carbons (Fsp3) is 0.368. The molecule has 1 heterocycles. The van der Waals surface area contributed by atoms with Crippen molar-refractivity contribution in [1.82, 2.24) is 0 Å². The molecule has 2 aromatic rings. The number of ether oxygens (including phenoxy) is 1. The molecular weight excluding hydrogens is 320 g/mol. The Balaban J connectivity index is 1.74. The van der Waals surface area contributed by atoms with E-state index >= 15 is 0 Å². The molecule has 1 aromatic heterocycles. The van der Waals surface area contributed by atoms with Gasteiger partial charge in [-0.25, -0.2) is 0 Å². The molecule has 0 radical (unpaired) electrons. The highest BCUT2D eigenvalue weighted by molar-refractivity contribution is 7.16. The third kappa shape index (κ3) is 3.44. The molecule has 3 rings (SSSR count). The number of nitrogens with zero attached hydrogens (tertiary/aromatic N) is 1. The second-order valence-electron chi connectivity index (χ2n) is 5.86. The van der Waals surface area contributed by atoms with E-state index in [0.717, 1.165) is 37.7 Å². The number of amides is 1. The summed E-state index contributed by atoms with van der Waals surface area (Å²) in [5.74, 6) is 0.498. The van der Waals surface area contributed by atoms with Gasteiger partial charge < -0.3 is 10.1 Å². The first-order valence-corrected chi connectivity index (χ1v) is 9.13. The average Bonchev–Trinajstić information content (AvgIpc) is 3.16. The predicted octanol–water partition coefficient (Wildman–Crippen LogP) is 4.54. The number of carbonyl (C=O) groups excluding carboxylic acids is 1. The summed E-state index contributed by atoms with van der Waals surface area (Å²) in [6, 6.07) is 9.43. The Labute approximate surface area is 146 Å². The van der Waals surface area contributed by atoms with Crippen LogP contribution in [0.1, 0.15) is 52.5 Å². The molecule has 1 aliphatic rings. The second kappa shape index (κ2) is 7.50. The molecule has 0 atom stereocenters. The molecule has 0 aliphatic heterocycles. The van der Waals surface area contributed by atoms with Gasteiger partial charge in [-0.05, 0) is 49.4 Å². The van der Waals surface area contributed by atoms with Crippen LogP contribution in [0.2, 0.25) is 0 Å². The molecular formula is C19H20N2O2S. The quantitative estimate of drug-likeness (QED) is 0.785. The monoisotopic (exact) mass is 340 g/mol. The van der Waals surface area contributed by atoms with E-state index in [9.17, 15) is 10.1 Å². The van der Waals surface area contributed by atoms with E-state index in [0.29, 0.717) is 28.5 Å². The number of hydrogen-bond donors (Lipinski definition) is 1. The van der Waals surface area contributed by atoms with E-state index in [2.05, 4.69) is 18.3 Å². The lowest BCUT2D eigenvalue weighted by Crippen LogP contribution is -2.12. The van der Waals surface area contributed by atoms with Crippen LogP contribution in [0.25, 0.3) is 0 Å². The fourth-order valence-corrected chi connectivity index (χ4v) is 4.08. The number of unbranched alkanes of at least 4 members (excludes halogenated alkanes) is 1. The zero-order valence-corrected chi connectivity index (χ0v) is 14.5. The number of benzene rings is 1. The van der Waals surface area contributed by atoms with Gasteiger partial charge >= 0.3 is 0 Å². The van der Waals surface area contributed by atoms with Crippen LogP contribution in [0.5, 0.6) is 5.75 Å². The van der Waals surface area contributed by atoms with Gasteiger partial charge in [-0.1, -0.05) is 19.4 Å². The van der Waals surface area contributed by atoms with Crippen LogP contribution in [0, 0.1) is 11.3 Å². The molecule has 1 N–H and O–H groups in total. The lowest BCUT2D eigenvalue weighted by Gasteiger charge is -2.08. The number of thiophene rings is 1. The number of nitrogens with one attached hydrogen (secondary N) is 1. The van der Waals surface area contributed by atoms with Gasteiger partial charge in [0, 0.05) is 10.4 Å². The summed E-state index contributed by atoms with van der Waals surface area (Å²) >= 11 is 1.53. The van der Waals surface area contributed by atoms with Gasteiger partial charge in [-0.2, -0.15) is 5.26 Å². The van der Waals surface area contributed by atoms with Crippen molar-refractivity contribution in [3.8, 4) is 11.8 Å². The van der Waals surface area contributed by atoms with Crippen molar-refractivity contribution in [2.24, 2.45) is 0 Å². The van der Waals surface area contributed by atoms with Gasteiger partial charge in [0.25, 0.3) is 5.91 Å². The smallest absolute Gasteiger partial charge is 0.256 e. The maximum absolute atomic E-state index is 12.5. The molecule has 0 saturated carbocycles. The molecule has 0 fully saturated rings. The minimum Gasteiger partial charge on any atom is -0.494 e. The van der Waals surface area contributed by atoms with Crippen LogP contribution in [-0.4, -0.2) is 12.5 Å². The van der Waals surface area contributed by atoms with Crippen molar-refractivity contribution in [2.75, 3.05) is 11.9 Å². The zero-order valence-electron chi connectivity index (χ0n) is 13.7. The molecule has 0 bridgehead atoms. The minimum absolute atomic E-state index is 0.202. The fourth-order valence-electron chi connectivity index (χ4n) is 2.85. The Hall–Kier alpha value is -2.32. The maximum atomic E-state index is 12.5. The average molecular weight is 340 g/mol. The first-order chi connectivity index (χ1) is 11.7. The highest BCUT2D eigenvalue weighted by Gasteiger charge is 2.23. The summed E-state index contributed by atoms with van der Waals surface area (Å²) in [7, 11) is 0. The maximum Gasteiger partial charge on any atom is 0.256 e. The minimum atomic E-state index is -0.202. The molecule has 124 valence electrons. The summed E-state index contributed by atoms with van der Waals surface area (Å²) in [6.07, 6.45) is 5.10. The molecule has 1 aromatic carbocycles. The second-order valence-corrected chi connectivity index (χ2v) is 6.96. The van der Waals surface area contributed by atoms with Crippen molar-refractivity contribution in [3.05, 3.63) is 45.8 Å². The highest BCUT2D eigenvalue weighted by Crippen LogP contribution is 2.38. The number of carbonyl (C=O) groups is 1. The van der Waals surface area contributed by atoms with Crippen LogP contribution >= 0.6 is 11.3 Å². The van der Waals surface area contributed by atoms with Crippen LogP contribution in [0.3, 0.4) is 0 Å². The summed E-state index contributed by atoms with van der Waals surface area (Å²) in [5.41, 5.74) is 2.30. The van der Waals surface area contributed by atoms with Crippen molar-refractivity contribution >= 4 is 22.2 Å². The van der Waals surface area contributed by atoms with E-state index in [1.165, 1.54) is 16.2 Å². The number of aryl methyl sites for hydroxylation is 1. The Morgan fingerprint density at radius 2 is 2.29 bits per heavy atom. The Bertz CT molecular complexity index is 789. The first-order valence-electron chi connectivity index (χ1n) is 8.31. The largest absolute Gasteiger partial charge is 0.494 e. The normalized spacial score (nSPS) is 12.5. The SMILES string of the molecule is CCCCOc1cccc(C(=O)Nc2sc3c(c2C#N)CCC3)c1. The third-order valence-electron chi connectivity index (χ3n) is 4.12. The van der Waals surface area contributed by atoms with Crippen LogP contribution in [0.4, 0.5) is 5.00 Å². The molecule has 5 heteroatoms. The Morgan fingerprint density at radius 1 is 1.42 bits per heavy atom. The molecule has 24 heavy (non-hydrogen) atoms. The van der Waals surface area contributed by atoms with Crippen LogP contribution in [-0.2, 0) is 12.8 Å². The highest BCUT2D eigenvalue weighted by atomic mass is 32.1. The van der Waals surface area contributed by atoms with E-state index in [4.69, 9.17) is 4.74 Å². The van der Waals surface area contributed by atoms with Crippen LogP contribution in [0.15, 0.2) is 24.3 Å². The van der Waals surface area contributed by atoms with E-state index < -0.39 is 0 Å². The molecule has 0 saturated heterocycles. The lowest BCUT2D eigenvalue weighted by molar-refractivity contribution is 0.102. The predicted molar refractivity (Wildman–Crippen MR) is 95.9 cm³/mol. The van der Waals surface area contributed by atoms with Gasteiger partial charge in [-0.3, -0.25) is 4.79 Å². The van der Waals surface area contributed by atoms with E-state index in [1.54, 1.807) is 12.1 Å². The van der Waals surface area contributed by atoms with Crippen LogP contribution < -0.4 is 10.1 Å². The summed E-state index contributed by atoms with van der Waals surface area (Å²) < 4.78 is 5.65. The number of rotatable bonds is 6. The zero-order chi connectivity index (χ0) is 16.9. The van der Waals surface area contributed by atoms with E-state index in [-0.39, 0.29) is 5.91 Å². The topological polar surface area (TPSA) is 62.1 Å². The first kappa shape index (κ1) is 16.5. The van der Waals surface area contributed by atoms with Crippen molar-refractivity contribution in [2.45, 2.75) is 39.0 Å². The molecule has 4 nitrogen and oxygen atoms in total. The third-order valence-corrected chi connectivity index (χ3v) is 5.33. The molecule has 1 amide bonds. The van der Waals surface area contributed by atoms with Gasteiger partial charge in [0.05, 0.1) is 12.2 Å². The number of fused-ring (bicyclic) bond motifs is 1. The standard InChI is InChI=1S/C19H20N2O2S/c1-2-3-10-23-14-7-4-6-13(11-14)18(22)21-19-16(12-20)15-8-5-9-17(15)24-19/h4,6-7,11H,2-3,5,8-10H2,1H3,(H,21,22). The number of hydrogen-bond acceptors (Lipinski definition) is 4. The molecule has 1 aliphatic carbocycles. The van der Waals surface area contributed by atoms with Crippen molar-refractivity contribution < 1.29 is 9.53 Å². The summed E-state index contributed by atoms with van der Waals surface area (Å²) in [5, 5.41) is 13.0.